The fourth-order valence-electron chi connectivity index (χ4n) is 3.27. The third-order valence-electron chi connectivity index (χ3n) is 4.82. The lowest BCUT2D eigenvalue weighted by Crippen LogP contribution is -2.31. The molecule has 0 aliphatic heterocycles. The molecule has 31 heavy (non-hydrogen) atoms. The van der Waals surface area contributed by atoms with Crippen LogP contribution in [0.25, 0.3) is 0 Å². The maximum Gasteiger partial charge on any atom is 0.410 e. The summed E-state index contributed by atoms with van der Waals surface area (Å²) in [7, 11) is 1.59. The number of hydrogen-bond acceptors (Lipinski definition) is 4. The number of ether oxygens (including phenoxy) is 1. The van der Waals surface area contributed by atoms with Gasteiger partial charge in [0, 0.05) is 22.6 Å². The Bertz CT molecular complexity index is 1100. The molecule has 0 aliphatic carbocycles. The fraction of sp³-hybridized carbons (Fsp3) is 0.174. The molecule has 0 unspecified atom stereocenters. The lowest BCUT2D eigenvalue weighted by atomic mass is 10.1. The van der Waals surface area contributed by atoms with Gasteiger partial charge in [0.1, 0.15) is 11.6 Å². The summed E-state index contributed by atoms with van der Waals surface area (Å²) in [6.07, 6.45) is -1.29. The van der Waals surface area contributed by atoms with E-state index in [1.165, 1.54) is 0 Å². The summed E-state index contributed by atoms with van der Waals surface area (Å²) in [6.45, 7) is 4.07. The maximum atomic E-state index is 13.4. The molecule has 160 valence electrons. The number of amidine groups is 1. The van der Waals surface area contributed by atoms with Gasteiger partial charge >= 0.3 is 6.09 Å². The Balaban J connectivity index is 1.91. The van der Waals surface area contributed by atoms with E-state index in [4.69, 9.17) is 15.3 Å². The molecule has 3 rings (SSSR count). The average Bonchev–Trinajstić information content (AvgIpc) is 3.09. The second-order valence-electron chi connectivity index (χ2n) is 7.08. The number of methoxy groups -OCH3 is 1. The smallest absolute Gasteiger partial charge is 0.410 e. The lowest BCUT2D eigenvalue weighted by Gasteiger charge is -2.23. The molecule has 8 nitrogen and oxygen atoms in total. The summed E-state index contributed by atoms with van der Waals surface area (Å²) in [6, 6.07) is 15.9. The van der Waals surface area contributed by atoms with E-state index in [-0.39, 0.29) is 11.7 Å². The predicted molar refractivity (Wildman–Crippen MR) is 118 cm³/mol. The van der Waals surface area contributed by atoms with Gasteiger partial charge in [-0.25, -0.2) is 4.79 Å². The molecule has 0 saturated heterocycles. The standard InChI is InChI=1S/C23H24N4O4/c1-14-12-20(15(2)25-14)22(28)27(18-8-10-19(31-3)11-9-18)13-16-4-6-17(7-5-16)21(24)26-23(29)30/h4-12,25H,13H2,1-3H3,(H2,24,26)(H,29,30). The number of aryl methyl sites for hydroxylation is 2. The molecule has 3 aromatic rings. The molecule has 0 bridgehead atoms. The van der Waals surface area contributed by atoms with Gasteiger partial charge in [-0.05, 0) is 49.7 Å². The Morgan fingerprint density at radius 2 is 1.74 bits per heavy atom. The zero-order valence-electron chi connectivity index (χ0n) is 17.5. The number of amides is 2. The summed E-state index contributed by atoms with van der Waals surface area (Å²) < 4.78 is 5.22. The van der Waals surface area contributed by atoms with Gasteiger partial charge in [-0.15, -0.1) is 0 Å². The number of carboxylic acid groups (broad SMARTS) is 1. The van der Waals surface area contributed by atoms with Crippen LogP contribution < -0.4 is 15.0 Å². The molecule has 0 radical (unpaired) electrons. The van der Waals surface area contributed by atoms with E-state index < -0.39 is 6.09 Å². The third kappa shape index (κ3) is 5.11. The SMILES string of the molecule is COc1ccc(N(Cc2ccc(C(=N)NC(=O)O)cc2)C(=O)c2cc(C)[nH]c2C)cc1. The second kappa shape index (κ2) is 9.17. The molecular formula is C23H24N4O4. The van der Waals surface area contributed by atoms with Gasteiger partial charge in [0.05, 0.1) is 19.2 Å². The van der Waals surface area contributed by atoms with Crippen LogP contribution in [0.1, 0.15) is 32.9 Å². The van der Waals surface area contributed by atoms with Crippen LogP contribution in [0.4, 0.5) is 10.5 Å². The molecule has 1 heterocycles. The highest BCUT2D eigenvalue weighted by Crippen LogP contribution is 2.25. The summed E-state index contributed by atoms with van der Waals surface area (Å²) in [5.41, 5.74) is 4.28. The molecule has 0 fully saturated rings. The van der Waals surface area contributed by atoms with Crippen LogP contribution in [-0.4, -0.2) is 35.0 Å². The number of aromatic nitrogens is 1. The maximum absolute atomic E-state index is 13.4. The van der Waals surface area contributed by atoms with Gasteiger partial charge in [-0.1, -0.05) is 24.3 Å². The first-order chi connectivity index (χ1) is 14.8. The average molecular weight is 420 g/mol. The zero-order chi connectivity index (χ0) is 22.5. The first-order valence-corrected chi connectivity index (χ1v) is 9.58. The topological polar surface area (TPSA) is 119 Å². The quantitative estimate of drug-likeness (QED) is 0.355. The van der Waals surface area contributed by atoms with Crippen LogP contribution in [0.3, 0.4) is 0 Å². The molecule has 8 heteroatoms. The van der Waals surface area contributed by atoms with E-state index in [0.717, 1.165) is 17.0 Å². The Kier molecular flexibility index (Phi) is 6.40. The molecule has 0 aliphatic rings. The molecule has 0 saturated carbocycles. The van der Waals surface area contributed by atoms with Crippen molar-refractivity contribution in [3.63, 3.8) is 0 Å². The normalized spacial score (nSPS) is 10.4. The van der Waals surface area contributed by atoms with Crippen molar-refractivity contribution in [2.75, 3.05) is 12.0 Å². The number of benzene rings is 2. The summed E-state index contributed by atoms with van der Waals surface area (Å²) in [5.74, 6) is 0.343. The first kappa shape index (κ1) is 21.6. The van der Waals surface area contributed by atoms with E-state index >= 15 is 0 Å². The minimum Gasteiger partial charge on any atom is -0.497 e. The Hall–Kier alpha value is -4.07. The number of nitrogens with one attached hydrogen (secondary N) is 3. The van der Waals surface area contributed by atoms with Gasteiger partial charge in [-0.3, -0.25) is 15.5 Å². The number of aromatic amines is 1. The van der Waals surface area contributed by atoms with Crippen LogP contribution in [0.15, 0.2) is 54.6 Å². The largest absolute Gasteiger partial charge is 0.497 e. The van der Waals surface area contributed by atoms with Crippen molar-refractivity contribution < 1.29 is 19.4 Å². The zero-order valence-corrected chi connectivity index (χ0v) is 17.5. The summed E-state index contributed by atoms with van der Waals surface area (Å²) >= 11 is 0. The summed E-state index contributed by atoms with van der Waals surface area (Å²) in [4.78, 5) is 29.0. The van der Waals surface area contributed by atoms with E-state index in [1.807, 2.05) is 37.4 Å². The van der Waals surface area contributed by atoms with Gasteiger partial charge in [0.25, 0.3) is 5.91 Å². The van der Waals surface area contributed by atoms with Crippen LogP contribution in [-0.2, 0) is 6.54 Å². The highest BCUT2D eigenvalue weighted by molar-refractivity contribution is 6.07. The molecule has 0 atom stereocenters. The molecule has 2 aromatic carbocycles. The number of carbonyl (C=O) groups excluding carboxylic acids is 1. The second-order valence-corrected chi connectivity index (χ2v) is 7.08. The van der Waals surface area contributed by atoms with E-state index in [0.29, 0.717) is 29.1 Å². The van der Waals surface area contributed by atoms with Gasteiger partial charge in [-0.2, -0.15) is 0 Å². The molecule has 2 amide bonds. The number of hydrogen-bond donors (Lipinski definition) is 4. The van der Waals surface area contributed by atoms with Crippen molar-refractivity contribution in [3.05, 3.63) is 82.7 Å². The minimum absolute atomic E-state index is 0.142. The predicted octanol–water partition coefficient (Wildman–Crippen LogP) is 4.08. The Labute approximate surface area is 180 Å². The van der Waals surface area contributed by atoms with Crippen molar-refractivity contribution in [3.8, 4) is 5.75 Å². The van der Waals surface area contributed by atoms with Crippen molar-refractivity contribution in [1.82, 2.24) is 10.3 Å². The minimum atomic E-state index is -1.29. The molecule has 4 N–H and O–H groups in total. The molecular weight excluding hydrogens is 396 g/mol. The highest BCUT2D eigenvalue weighted by atomic mass is 16.5. The highest BCUT2D eigenvalue weighted by Gasteiger charge is 2.21. The van der Waals surface area contributed by atoms with Crippen molar-refractivity contribution >= 4 is 23.5 Å². The van der Waals surface area contributed by atoms with Gasteiger partial charge in [0.2, 0.25) is 0 Å². The lowest BCUT2D eigenvalue weighted by molar-refractivity contribution is 0.0984. The monoisotopic (exact) mass is 420 g/mol. The van der Waals surface area contributed by atoms with Crippen LogP contribution in [0.5, 0.6) is 5.75 Å². The van der Waals surface area contributed by atoms with Crippen LogP contribution in [0.2, 0.25) is 0 Å². The first-order valence-electron chi connectivity index (χ1n) is 9.58. The fourth-order valence-corrected chi connectivity index (χ4v) is 3.27. The van der Waals surface area contributed by atoms with E-state index in [9.17, 15) is 9.59 Å². The molecule has 1 aromatic heterocycles. The number of carbonyl (C=O) groups is 2. The number of rotatable bonds is 6. The Morgan fingerprint density at radius 1 is 1.10 bits per heavy atom. The van der Waals surface area contributed by atoms with Crippen molar-refractivity contribution in [2.24, 2.45) is 0 Å². The van der Waals surface area contributed by atoms with Crippen molar-refractivity contribution in [1.29, 1.82) is 5.41 Å². The number of nitrogens with zero attached hydrogens (tertiary/aromatic N) is 1. The Morgan fingerprint density at radius 3 is 2.26 bits per heavy atom. The number of anilines is 1. The molecule has 0 spiro atoms. The van der Waals surface area contributed by atoms with E-state index in [1.54, 1.807) is 48.4 Å². The van der Waals surface area contributed by atoms with Crippen LogP contribution >= 0.6 is 0 Å². The summed E-state index contributed by atoms with van der Waals surface area (Å²) in [5, 5.41) is 18.6. The third-order valence-corrected chi connectivity index (χ3v) is 4.82. The van der Waals surface area contributed by atoms with Gasteiger partial charge < -0.3 is 19.7 Å². The van der Waals surface area contributed by atoms with Crippen molar-refractivity contribution in [2.45, 2.75) is 20.4 Å². The van der Waals surface area contributed by atoms with Crippen LogP contribution in [0, 0.1) is 19.3 Å². The van der Waals surface area contributed by atoms with E-state index in [2.05, 4.69) is 4.98 Å². The number of H-pyrrole nitrogens is 1. The van der Waals surface area contributed by atoms with Gasteiger partial charge in [0.15, 0.2) is 0 Å².